The molecule has 6 nitrogen and oxygen atoms in total. The number of carbonyl (C=O) groups excluding carboxylic acids is 2. The molecule has 1 aliphatic rings. The zero-order valence-electron chi connectivity index (χ0n) is 11.4. The van der Waals surface area contributed by atoms with Crippen molar-refractivity contribution in [2.45, 2.75) is 12.6 Å². The standard InChI is InChI=1S/C14H18N2O4/c1-15-7-8-16(12(9-17)13(15)18)14(19)20-10-11-5-3-2-4-6-11/h2-6,12,17H,7-10H2,1H3. The minimum absolute atomic E-state index is 0.151. The third kappa shape index (κ3) is 3.08. The number of piperazine rings is 1. The molecule has 0 aromatic heterocycles. The molecule has 1 aliphatic heterocycles. The maximum Gasteiger partial charge on any atom is 0.410 e. The minimum Gasteiger partial charge on any atom is -0.445 e. The van der Waals surface area contributed by atoms with E-state index in [0.717, 1.165) is 5.56 Å². The van der Waals surface area contributed by atoms with Crippen molar-refractivity contribution in [1.29, 1.82) is 0 Å². The molecule has 1 atom stereocenters. The van der Waals surface area contributed by atoms with Gasteiger partial charge in [0.25, 0.3) is 0 Å². The van der Waals surface area contributed by atoms with Crippen molar-refractivity contribution in [3.8, 4) is 0 Å². The number of rotatable bonds is 3. The lowest BCUT2D eigenvalue weighted by molar-refractivity contribution is -0.140. The Hall–Kier alpha value is -2.08. The van der Waals surface area contributed by atoms with Gasteiger partial charge in [-0.25, -0.2) is 4.79 Å². The molecule has 108 valence electrons. The highest BCUT2D eigenvalue weighted by Crippen LogP contribution is 2.12. The van der Waals surface area contributed by atoms with E-state index in [1.54, 1.807) is 7.05 Å². The number of ether oxygens (including phenoxy) is 1. The Morgan fingerprint density at radius 2 is 2.05 bits per heavy atom. The smallest absolute Gasteiger partial charge is 0.410 e. The van der Waals surface area contributed by atoms with Gasteiger partial charge in [0.2, 0.25) is 5.91 Å². The van der Waals surface area contributed by atoms with E-state index in [1.165, 1.54) is 9.80 Å². The van der Waals surface area contributed by atoms with E-state index < -0.39 is 18.7 Å². The van der Waals surface area contributed by atoms with Crippen molar-refractivity contribution in [1.82, 2.24) is 9.80 Å². The van der Waals surface area contributed by atoms with Crippen LogP contribution in [0.2, 0.25) is 0 Å². The lowest BCUT2D eigenvalue weighted by Gasteiger charge is -2.37. The molecule has 0 spiro atoms. The zero-order chi connectivity index (χ0) is 14.5. The molecule has 1 aromatic carbocycles. The van der Waals surface area contributed by atoms with Gasteiger partial charge in [0, 0.05) is 20.1 Å². The predicted octanol–water partition coefficient (Wildman–Crippen LogP) is 0.458. The van der Waals surface area contributed by atoms with Crippen LogP contribution in [0.1, 0.15) is 5.56 Å². The van der Waals surface area contributed by atoms with Gasteiger partial charge in [-0.15, -0.1) is 0 Å². The van der Waals surface area contributed by atoms with Gasteiger partial charge >= 0.3 is 6.09 Å². The number of hydrogen-bond donors (Lipinski definition) is 1. The Balaban J connectivity index is 1.96. The van der Waals surface area contributed by atoms with Crippen molar-refractivity contribution in [3.05, 3.63) is 35.9 Å². The Kier molecular flexibility index (Phi) is 4.57. The van der Waals surface area contributed by atoms with Crippen LogP contribution < -0.4 is 0 Å². The molecule has 0 saturated carbocycles. The van der Waals surface area contributed by atoms with Crippen molar-refractivity contribution in [2.24, 2.45) is 0 Å². The number of likely N-dealkylation sites (N-methyl/N-ethyl adjacent to an activating group) is 1. The summed E-state index contributed by atoms with van der Waals surface area (Å²) in [6, 6.07) is 8.46. The molecule has 1 unspecified atom stereocenters. The summed E-state index contributed by atoms with van der Waals surface area (Å²) in [7, 11) is 1.65. The van der Waals surface area contributed by atoms with Gasteiger partial charge in [-0.3, -0.25) is 9.69 Å². The summed E-state index contributed by atoms with van der Waals surface area (Å²) < 4.78 is 5.19. The Morgan fingerprint density at radius 3 is 2.70 bits per heavy atom. The highest BCUT2D eigenvalue weighted by molar-refractivity contribution is 5.86. The third-order valence-corrected chi connectivity index (χ3v) is 3.33. The fourth-order valence-electron chi connectivity index (χ4n) is 2.11. The van der Waals surface area contributed by atoms with E-state index in [4.69, 9.17) is 4.74 Å². The molecule has 20 heavy (non-hydrogen) atoms. The Labute approximate surface area is 117 Å². The van der Waals surface area contributed by atoms with Crippen molar-refractivity contribution >= 4 is 12.0 Å². The molecule has 6 heteroatoms. The summed E-state index contributed by atoms with van der Waals surface area (Å²) in [4.78, 5) is 26.7. The summed E-state index contributed by atoms with van der Waals surface area (Å²) >= 11 is 0. The summed E-state index contributed by atoms with van der Waals surface area (Å²) in [5, 5.41) is 9.29. The largest absolute Gasteiger partial charge is 0.445 e. The minimum atomic E-state index is -0.850. The SMILES string of the molecule is CN1CCN(C(=O)OCc2ccccc2)C(CO)C1=O. The molecule has 1 saturated heterocycles. The first-order chi connectivity index (χ1) is 9.63. The second kappa shape index (κ2) is 6.38. The van der Waals surface area contributed by atoms with Crippen LogP contribution in [0.5, 0.6) is 0 Å². The number of hydrogen-bond acceptors (Lipinski definition) is 4. The number of benzene rings is 1. The highest BCUT2D eigenvalue weighted by atomic mass is 16.6. The Bertz CT molecular complexity index is 477. The highest BCUT2D eigenvalue weighted by Gasteiger charge is 2.36. The normalized spacial score (nSPS) is 19.1. The van der Waals surface area contributed by atoms with E-state index >= 15 is 0 Å². The summed E-state index contributed by atoms with van der Waals surface area (Å²) in [5.74, 6) is -0.268. The molecule has 0 aliphatic carbocycles. The van der Waals surface area contributed by atoms with Crippen molar-refractivity contribution in [2.75, 3.05) is 26.7 Å². The lowest BCUT2D eigenvalue weighted by Crippen LogP contribution is -2.59. The summed E-state index contributed by atoms with van der Waals surface area (Å²) in [6.45, 7) is 0.554. The molecule has 1 heterocycles. The molecule has 1 fully saturated rings. The molecular weight excluding hydrogens is 260 g/mol. The first kappa shape index (κ1) is 14.3. The quantitative estimate of drug-likeness (QED) is 0.872. The van der Waals surface area contributed by atoms with E-state index in [9.17, 15) is 14.7 Å². The monoisotopic (exact) mass is 278 g/mol. The van der Waals surface area contributed by atoms with E-state index in [0.29, 0.717) is 13.1 Å². The van der Waals surface area contributed by atoms with Crippen molar-refractivity contribution in [3.63, 3.8) is 0 Å². The number of aliphatic hydroxyl groups is 1. The predicted molar refractivity (Wildman–Crippen MR) is 71.8 cm³/mol. The van der Waals surface area contributed by atoms with Crippen LogP contribution in [-0.2, 0) is 16.1 Å². The number of nitrogens with zero attached hydrogens (tertiary/aromatic N) is 2. The maximum atomic E-state index is 12.0. The average molecular weight is 278 g/mol. The lowest BCUT2D eigenvalue weighted by atomic mass is 10.2. The first-order valence-electron chi connectivity index (χ1n) is 6.46. The van der Waals surface area contributed by atoms with Gasteiger partial charge in [0.05, 0.1) is 6.61 Å². The summed E-state index contributed by atoms with van der Waals surface area (Å²) in [5.41, 5.74) is 0.877. The van der Waals surface area contributed by atoms with Gasteiger partial charge in [0.15, 0.2) is 0 Å². The van der Waals surface area contributed by atoms with Gasteiger partial charge in [0.1, 0.15) is 12.6 Å². The van der Waals surface area contributed by atoms with Gasteiger partial charge in [-0.05, 0) is 5.56 Å². The third-order valence-electron chi connectivity index (χ3n) is 3.33. The molecule has 1 N–H and O–H groups in total. The molecular formula is C14H18N2O4. The number of carbonyl (C=O) groups is 2. The number of aliphatic hydroxyl groups excluding tert-OH is 1. The zero-order valence-corrected chi connectivity index (χ0v) is 11.4. The van der Waals surface area contributed by atoms with E-state index in [-0.39, 0.29) is 12.5 Å². The van der Waals surface area contributed by atoms with Gasteiger partial charge < -0.3 is 14.7 Å². The molecule has 1 aromatic rings. The second-order valence-corrected chi connectivity index (χ2v) is 4.69. The topological polar surface area (TPSA) is 70.1 Å². The van der Waals surface area contributed by atoms with E-state index in [1.807, 2.05) is 30.3 Å². The van der Waals surface area contributed by atoms with Crippen LogP contribution in [0.3, 0.4) is 0 Å². The van der Waals surface area contributed by atoms with Gasteiger partial charge in [-0.2, -0.15) is 0 Å². The Morgan fingerprint density at radius 1 is 1.35 bits per heavy atom. The molecule has 2 rings (SSSR count). The van der Waals surface area contributed by atoms with Crippen LogP contribution >= 0.6 is 0 Å². The van der Waals surface area contributed by atoms with Crippen LogP contribution in [0.15, 0.2) is 30.3 Å². The molecule has 0 radical (unpaired) electrons. The summed E-state index contributed by atoms with van der Waals surface area (Å²) in [6.07, 6.45) is -0.575. The first-order valence-corrected chi connectivity index (χ1v) is 6.46. The molecule has 2 amide bonds. The van der Waals surface area contributed by atoms with Crippen molar-refractivity contribution < 1.29 is 19.4 Å². The molecule has 0 bridgehead atoms. The van der Waals surface area contributed by atoms with E-state index in [2.05, 4.69) is 0 Å². The fraction of sp³-hybridized carbons (Fsp3) is 0.429. The van der Waals surface area contributed by atoms with Gasteiger partial charge in [-0.1, -0.05) is 30.3 Å². The fourth-order valence-corrected chi connectivity index (χ4v) is 2.11. The van der Waals surface area contributed by atoms with Crippen LogP contribution in [0.25, 0.3) is 0 Å². The average Bonchev–Trinajstić information content (AvgIpc) is 2.48. The second-order valence-electron chi connectivity index (χ2n) is 4.69. The van der Waals surface area contributed by atoms with Crippen LogP contribution in [0, 0.1) is 0 Å². The van der Waals surface area contributed by atoms with Crippen LogP contribution in [-0.4, -0.2) is 59.7 Å². The number of amides is 2. The van der Waals surface area contributed by atoms with Crippen LogP contribution in [0.4, 0.5) is 4.79 Å². The maximum absolute atomic E-state index is 12.0.